The molecule has 0 unspecified atom stereocenters. The van der Waals surface area contributed by atoms with Crippen molar-refractivity contribution in [3.8, 4) is 0 Å². The SMILES string of the molecule is CN(CC(=O)NC1CC1)S(=O)(=O)c1c(Br)nnn1C. The monoisotopic (exact) mass is 351 g/mol. The summed E-state index contributed by atoms with van der Waals surface area (Å²) in [6.45, 7) is -0.226. The van der Waals surface area contributed by atoms with E-state index in [1.165, 1.54) is 14.1 Å². The summed E-state index contributed by atoms with van der Waals surface area (Å²) < 4.78 is 26.8. The van der Waals surface area contributed by atoms with Crippen LogP contribution >= 0.6 is 15.9 Å². The molecule has 1 N–H and O–H groups in total. The molecule has 0 radical (unpaired) electrons. The second kappa shape index (κ2) is 5.17. The third-order valence-corrected chi connectivity index (χ3v) is 5.39. The van der Waals surface area contributed by atoms with Gasteiger partial charge in [0.15, 0.2) is 4.60 Å². The van der Waals surface area contributed by atoms with Gasteiger partial charge in [-0.3, -0.25) is 4.79 Å². The molecule has 10 heteroatoms. The first-order valence-electron chi connectivity index (χ1n) is 5.63. The van der Waals surface area contributed by atoms with Gasteiger partial charge in [0.1, 0.15) is 0 Å². The number of hydrogen-bond donors (Lipinski definition) is 1. The van der Waals surface area contributed by atoms with Crippen molar-refractivity contribution in [3.63, 3.8) is 0 Å². The number of aromatic nitrogens is 3. The minimum atomic E-state index is -3.80. The summed E-state index contributed by atoms with van der Waals surface area (Å²) >= 11 is 3.04. The van der Waals surface area contributed by atoms with Gasteiger partial charge in [0.2, 0.25) is 10.9 Å². The second-order valence-corrected chi connectivity index (χ2v) is 7.12. The van der Waals surface area contributed by atoms with Crippen LogP contribution < -0.4 is 5.32 Å². The zero-order valence-corrected chi connectivity index (χ0v) is 12.9. The molecule has 2 rings (SSSR count). The first-order chi connectivity index (χ1) is 8.82. The second-order valence-electron chi connectivity index (χ2n) is 4.41. The van der Waals surface area contributed by atoms with Gasteiger partial charge in [0.05, 0.1) is 6.54 Å². The van der Waals surface area contributed by atoms with Crippen molar-refractivity contribution >= 4 is 31.9 Å². The van der Waals surface area contributed by atoms with Crippen molar-refractivity contribution in [2.24, 2.45) is 7.05 Å². The average molecular weight is 352 g/mol. The molecule has 0 saturated heterocycles. The lowest BCUT2D eigenvalue weighted by molar-refractivity contribution is -0.121. The summed E-state index contributed by atoms with van der Waals surface area (Å²) in [6, 6.07) is 0.203. The first-order valence-corrected chi connectivity index (χ1v) is 7.86. The molecular formula is C9H14BrN5O3S. The average Bonchev–Trinajstić information content (AvgIpc) is 3.03. The van der Waals surface area contributed by atoms with Crippen molar-refractivity contribution < 1.29 is 13.2 Å². The summed E-state index contributed by atoms with van der Waals surface area (Å²) in [5, 5.41) is 9.90. The van der Waals surface area contributed by atoms with Crippen molar-refractivity contribution in [1.82, 2.24) is 24.6 Å². The van der Waals surface area contributed by atoms with Crippen molar-refractivity contribution in [2.75, 3.05) is 13.6 Å². The van der Waals surface area contributed by atoms with Gasteiger partial charge < -0.3 is 5.32 Å². The Morgan fingerprint density at radius 3 is 2.68 bits per heavy atom. The fraction of sp³-hybridized carbons (Fsp3) is 0.667. The van der Waals surface area contributed by atoms with E-state index in [0.29, 0.717) is 0 Å². The number of sulfonamides is 1. The van der Waals surface area contributed by atoms with E-state index in [1.807, 2.05) is 0 Å². The van der Waals surface area contributed by atoms with Crippen LogP contribution in [0.25, 0.3) is 0 Å². The lowest BCUT2D eigenvalue weighted by atomic mass is 10.5. The van der Waals surface area contributed by atoms with E-state index in [2.05, 4.69) is 31.6 Å². The summed E-state index contributed by atoms with van der Waals surface area (Å²) in [5.41, 5.74) is 0. The first kappa shape index (κ1) is 14.4. The third-order valence-electron chi connectivity index (χ3n) is 2.70. The van der Waals surface area contributed by atoms with E-state index < -0.39 is 10.0 Å². The summed E-state index contributed by atoms with van der Waals surface area (Å²) in [7, 11) is -0.980. The summed E-state index contributed by atoms with van der Waals surface area (Å²) in [5.74, 6) is -0.306. The van der Waals surface area contributed by atoms with Crippen LogP contribution in [0.1, 0.15) is 12.8 Å². The van der Waals surface area contributed by atoms with Crippen molar-refractivity contribution in [3.05, 3.63) is 4.60 Å². The number of aryl methyl sites for hydroxylation is 1. The molecule has 0 atom stereocenters. The van der Waals surface area contributed by atoms with E-state index in [1.54, 1.807) is 0 Å². The summed E-state index contributed by atoms with van der Waals surface area (Å²) in [4.78, 5) is 11.6. The van der Waals surface area contributed by atoms with Crippen LogP contribution in [-0.4, -0.2) is 53.3 Å². The highest BCUT2D eigenvalue weighted by atomic mass is 79.9. The Labute approximate surface area is 119 Å². The molecule has 1 aromatic heterocycles. The number of amides is 1. The van der Waals surface area contributed by atoms with Gasteiger partial charge in [-0.2, -0.15) is 4.31 Å². The van der Waals surface area contributed by atoms with Crippen LogP contribution in [0.15, 0.2) is 9.63 Å². The largest absolute Gasteiger partial charge is 0.352 e. The Kier molecular flexibility index (Phi) is 3.92. The van der Waals surface area contributed by atoms with Crippen molar-refractivity contribution in [2.45, 2.75) is 23.9 Å². The van der Waals surface area contributed by atoms with Gasteiger partial charge in [0.25, 0.3) is 10.0 Å². The summed E-state index contributed by atoms with van der Waals surface area (Å²) in [6.07, 6.45) is 1.92. The zero-order chi connectivity index (χ0) is 14.2. The van der Waals surface area contributed by atoms with E-state index in [-0.39, 0.29) is 28.1 Å². The Bertz CT molecular complexity index is 575. The minimum Gasteiger partial charge on any atom is -0.352 e. The number of hydrogen-bond acceptors (Lipinski definition) is 5. The maximum atomic E-state index is 12.3. The van der Waals surface area contributed by atoms with Crippen LogP contribution in [0.3, 0.4) is 0 Å². The number of nitrogens with one attached hydrogen (secondary N) is 1. The van der Waals surface area contributed by atoms with Gasteiger partial charge >= 0.3 is 0 Å². The van der Waals surface area contributed by atoms with Crippen LogP contribution in [0, 0.1) is 0 Å². The number of carbonyl (C=O) groups is 1. The number of carbonyl (C=O) groups excluding carboxylic acids is 1. The molecule has 1 amide bonds. The third kappa shape index (κ3) is 3.12. The van der Waals surface area contributed by atoms with Crippen molar-refractivity contribution in [1.29, 1.82) is 0 Å². The smallest absolute Gasteiger partial charge is 0.263 e. The highest BCUT2D eigenvalue weighted by Gasteiger charge is 2.31. The van der Waals surface area contributed by atoms with Crippen LogP contribution in [0.2, 0.25) is 0 Å². The molecule has 0 bridgehead atoms. The predicted octanol–water partition coefficient (Wildman–Crippen LogP) is -0.523. The molecule has 1 aliphatic rings. The van der Waals surface area contributed by atoms with E-state index in [0.717, 1.165) is 21.8 Å². The van der Waals surface area contributed by atoms with Gasteiger partial charge in [-0.1, -0.05) is 5.21 Å². The molecule has 19 heavy (non-hydrogen) atoms. The highest BCUT2D eigenvalue weighted by molar-refractivity contribution is 9.10. The zero-order valence-electron chi connectivity index (χ0n) is 10.5. The quantitative estimate of drug-likeness (QED) is 0.769. The maximum Gasteiger partial charge on any atom is 0.263 e. The van der Waals surface area contributed by atoms with Gasteiger partial charge in [-0.25, -0.2) is 13.1 Å². The fourth-order valence-corrected chi connectivity index (χ4v) is 3.68. The topological polar surface area (TPSA) is 97.2 Å². The van der Waals surface area contributed by atoms with E-state index in [9.17, 15) is 13.2 Å². The van der Waals surface area contributed by atoms with Gasteiger partial charge in [-0.15, -0.1) is 5.10 Å². The normalized spacial score (nSPS) is 15.8. The molecule has 1 fully saturated rings. The molecule has 0 aromatic carbocycles. The number of nitrogens with zero attached hydrogens (tertiary/aromatic N) is 4. The Morgan fingerprint density at radius 1 is 1.58 bits per heavy atom. The van der Waals surface area contributed by atoms with Crippen LogP contribution in [0.5, 0.6) is 0 Å². The standard InChI is InChI=1S/C9H14BrN5O3S/c1-14(5-7(16)11-6-3-4-6)19(17,18)9-8(10)12-13-15(9)2/h6H,3-5H2,1-2H3,(H,11,16). The van der Waals surface area contributed by atoms with Gasteiger partial charge in [0, 0.05) is 20.1 Å². The molecule has 0 aliphatic heterocycles. The number of halogens is 1. The van der Waals surface area contributed by atoms with E-state index in [4.69, 9.17) is 0 Å². The Balaban J connectivity index is 2.12. The minimum absolute atomic E-state index is 0.0748. The molecular weight excluding hydrogens is 338 g/mol. The molecule has 8 nitrogen and oxygen atoms in total. The molecule has 0 spiro atoms. The number of rotatable bonds is 5. The van der Waals surface area contributed by atoms with Crippen LogP contribution in [0.4, 0.5) is 0 Å². The predicted molar refractivity (Wildman–Crippen MR) is 69.7 cm³/mol. The number of likely N-dealkylation sites (N-methyl/N-ethyl adjacent to an activating group) is 1. The lowest BCUT2D eigenvalue weighted by Gasteiger charge is -2.16. The highest BCUT2D eigenvalue weighted by Crippen LogP contribution is 2.21. The van der Waals surface area contributed by atoms with E-state index >= 15 is 0 Å². The lowest BCUT2D eigenvalue weighted by Crippen LogP contribution is -2.39. The molecule has 106 valence electrons. The molecule has 1 aromatic rings. The molecule has 1 saturated carbocycles. The maximum absolute atomic E-state index is 12.3. The van der Waals surface area contributed by atoms with Gasteiger partial charge in [-0.05, 0) is 28.8 Å². The Hall–Kier alpha value is -1.00. The van der Waals surface area contributed by atoms with Crippen LogP contribution in [-0.2, 0) is 21.9 Å². The Morgan fingerprint density at radius 2 is 2.21 bits per heavy atom. The molecule has 1 aliphatic carbocycles. The molecule has 1 heterocycles. The fourth-order valence-electron chi connectivity index (χ4n) is 1.53.